The number of hydrogen-bond acceptors (Lipinski definition) is 7. The second-order valence-electron chi connectivity index (χ2n) is 6.01. The second-order valence-corrected chi connectivity index (χ2v) is 6.37. The number of benzene rings is 1. The molecule has 0 radical (unpaired) electrons. The van der Waals surface area contributed by atoms with Gasteiger partial charge in [0.15, 0.2) is 0 Å². The second kappa shape index (κ2) is 11.1. The van der Waals surface area contributed by atoms with Gasteiger partial charge in [0.1, 0.15) is 23.9 Å². The van der Waals surface area contributed by atoms with E-state index in [0.29, 0.717) is 5.56 Å². The molecule has 3 amide bonds. The number of aromatic hydroxyl groups is 1. The van der Waals surface area contributed by atoms with E-state index in [1.807, 2.05) is 0 Å². The van der Waals surface area contributed by atoms with Crippen LogP contribution in [0.15, 0.2) is 24.3 Å². The van der Waals surface area contributed by atoms with Crippen molar-refractivity contribution >= 4 is 36.3 Å². The standard InChI is InChI=1S/C17H24N4O6S/c1-9(19-14(23)7-18)15(24)21-13(8-28)16(25)20-12(17(26)27)6-10-2-4-11(22)5-3-10/h2-5,9,12-13,22,28H,6-8,18H2,1H3,(H,19,23)(H,20,25)(H,21,24)(H,26,27). The molecule has 0 saturated carbocycles. The van der Waals surface area contributed by atoms with Gasteiger partial charge in [0, 0.05) is 12.2 Å². The van der Waals surface area contributed by atoms with E-state index < -0.39 is 41.8 Å². The number of amides is 3. The molecular formula is C17H24N4O6S. The molecule has 0 heterocycles. The number of nitrogens with two attached hydrogens (primary N) is 1. The minimum absolute atomic E-state index is 0.0163. The Kier molecular flexibility index (Phi) is 9.25. The van der Waals surface area contributed by atoms with Crippen molar-refractivity contribution < 1.29 is 29.4 Å². The van der Waals surface area contributed by atoms with Gasteiger partial charge in [0.05, 0.1) is 6.54 Å². The summed E-state index contributed by atoms with van der Waals surface area (Å²) in [7, 11) is 0. The van der Waals surface area contributed by atoms with Crippen LogP contribution in [0, 0.1) is 0 Å². The number of carbonyl (C=O) groups is 4. The van der Waals surface area contributed by atoms with Gasteiger partial charge >= 0.3 is 5.97 Å². The van der Waals surface area contributed by atoms with Crippen LogP contribution in [0.3, 0.4) is 0 Å². The number of carbonyl (C=O) groups excluding carboxylic acids is 3. The average Bonchev–Trinajstić information content (AvgIpc) is 2.66. The summed E-state index contributed by atoms with van der Waals surface area (Å²) >= 11 is 4.01. The van der Waals surface area contributed by atoms with Gasteiger partial charge in [0.2, 0.25) is 17.7 Å². The van der Waals surface area contributed by atoms with Crippen LogP contribution in [0.25, 0.3) is 0 Å². The van der Waals surface area contributed by atoms with Crippen molar-refractivity contribution in [3.8, 4) is 5.75 Å². The highest BCUT2D eigenvalue weighted by atomic mass is 32.1. The Balaban J connectivity index is 2.73. The quantitative estimate of drug-likeness (QED) is 0.226. The minimum Gasteiger partial charge on any atom is -0.508 e. The molecule has 1 aromatic rings. The van der Waals surface area contributed by atoms with Gasteiger partial charge in [-0.15, -0.1) is 0 Å². The molecule has 11 heteroatoms. The fourth-order valence-corrected chi connectivity index (χ4v) is 2.45. The predicted octanol–water partition coefficient (Wildman–Crippen LogP) is -1.62. The molecule has 0 bridgehead atoms. The van der Waals surface area contributed by atoms with Crippen LogP contribution in [0.1, 0.15) is 12.5 Å². The summed E-state index contributed by atoms with van der Waals surface area (Å²) in [5.41, 5.74) is 5.75. The summed E-state index contributed by atoms with van der Waals surface area (Å²) in [6.45, 7) is 1.13. The maximum Gasteiger partial charge on any atom is 0.326 e. The summed E-state index contributed by atoms with van der Waals surface area (Å²) in [6.07, 6.45) is -0.0163. The summed E-state index contributed by atoms with van der Waals surface area (Å²) in [5, 5.41) is 25.7. The lowest BCUT2D eigenvalue weighted by atomic mass is 10.1. The average molecular weight is 412 g/mol. The van der Waals surface area contributed by atoms with Crippen molar-refractivity contribution in [1.82, 2.24) is 16.0 Å². The predicted molar refractivity (Wildman–Crippen MR) is 104 cm³/mol. The first kappa shape index (κ1) is 23.2. The molecule has 0 aliphatic rings. The number of rotatable bonds is 10. The normalized spacial score (nSPS) is 13.7. The lowest BCUT2D eigenvalue weighted by molar-refractivity contribution is -0.142. The topological polar surface area (TPSA) is 171 Å². The molecule has 1 aromatic carbocycles. The number of phenols is 1. The smallest absolute Gasteiger partial charge is 0.326 e. The van der Waals surface area contributed by atoms with E-state index in [2.05, 4.69) is 28.6 Å². The number of nitrogens with one attached hydrogen (secondary N) is 3. The lowest BCUT2D eigenvalue weighted by Gasteiger charge is -2.22. The van der Waals surface area contributed by atoms with Gasteiger partial charge in [-0.25, -0.2) is 4.79 Å². The van der Waals surface area contributed by atoms with Crippen LogP contribution in [0.4, 0.5) is 0 Å². The van der Waals surface area contributed by atoms with E-state index in [4.69, 9.17) is 5.73 Å². The highest BCUT2D eigenvalue weighted by Crippen LogP contribution is 2.11. The molecule has 154 valence electrons. The summed E-state index contributed by atoms with van der Waals surface area (Å²) in [6, 6.07) is 2.61. The first-order chi connectivity index (χ1) is 13.2. The van der Waals surface area contributed by atoms with Crippen molar-refractivity contribution in [2.24, 2.45) is 5.73 Å². The SMILES string of the molecule is CC(NC(=O)CN)C(=O)NC(CS)C(=O)NC(Cc1ccc(O)cc1)C(=O)O. The zero-order valence-electron chi connectivity index (χ0n) is 15.2. The minimum atomic E-state index is -1.26. The van der Waals surface area contributed by atoms with Crippen LogP contribution in [0.5, 0.6) is 5.75 Å². The Labute approximate surface area is 167 Å². The number of aliphatic carboxylic acids is 1. The summed E-state index contributed by atoms with van der Waals surface area (Å²) in [5.74, 6) is -3.20. The molecule has 7 N–H and O–H groups in total. The molecule has 0 aliphatic carbocycles. The molecule has 0 aliphatic heterocycles. The van der Waals surface area contributed by atoms with E-state index in [9.17, 15) is 29.4 Å². The van der Waals surface area contributed by atoms with Crippen molar-refractivity contribution in [2.75, 3.05) is 12.3 Å². The Morgan fingerprint density at radius 1 is 1.04 bits per heavy atom. The molecule has 3 atom stereocenters. The Morgan fingerprint density at radius 3 is 2.11 bits per heavy atom. The van der Waals surface area contributed by atoms with Crippen LogP contribution >= 0.6 is 12.6 Å². The van der Waals surface area contributed by atoms with Crippen molar-refractivity contribution in [2.45, 2.75) is 31.5 Å². The molecule has 10 nitrogen and oxygen atoms in total. The van der Waals surface area contributed by atoms with Gasteiger partial charge in [0.25, 0.3) is 0 Å². The summed E-state index contributed by atoms with van der Waals surface area (Å²) < 4.78 is 0. The van der Waals surface area contributed by atoms with Crippen molar-refractivity contribution in [3.05, 3.63) is 29.8 Å². The van der Waals surface area contributed by atoms with Gasteiger partial charge in [-0.2, -0.15) is 12.6 Å². The molecule has 1 rings (SSSR count). The Bertz CT molecular complexity index is 712. The third-order valence-corrected chi connectivity index (χ3v) is 4.13. The number of carboxylic acid groups (broad SMARTS) is 1. The zero-order chi connectivity index (χ0) is 21.3. The highest BCUT2D eigenvalue weighted by molar-refractivity contribution is 7.80. The molecule has 0 fully saturated rings. The maximum atomic E-state index is 12.4. The van der Waals surface area contributed by atoms with Crippen LogP contribution in [0.2, 0.25) is 0 Å². The van der Waals surface area contributed by atoms with E-state index in [0.717, 1.165) is 0 Å². The number of phenolic OH excluding ortho intramolecular Hbond substituents is 1. The first-order valence-electron chi connectivity index (χ1n) is 8.39. The van der Waals surface area contributed by atoms with Gasteiger partial charge in [-0.1, -0.05) is 12.1 Å². The van der Waals surface area contributed by atoms with E-state index >= 15 is 0 Å². The number of carboxylic acids is 1. The van der Waals surface area contributed by atoms with Crippen molar-refractivity contribution in [1.29, 1.82) is 0 Å². The maximum absolute atomic E-state index is 12.4. The largest absolute Gasteiger partial charge is 0.508 e. The Hall–Kier alpha value is -2.79. The van der Waals surface area contributed by atoms with Crippen LogP contribution < -0.4 is 21.7 Å². The zero-order valence-corrected chi connectivity index (χ0v) is 16.1. The van der Waals surface area contributed by atoms with Crippen LogP contribution in [-0.2, 0) is 25.6 Å². The summed E-state index contributed by atoms with van der Waals surface area (Å²) in [4.78, 5) is 47.2. The monoisotopic (exact) mass is 412 g/mol. The molecule has 0 spiro atoms. The highest BCUT2D eigenvalue weighted by Gasteiger charge is 2.27. The third-order valence-electron chi connectivity index (χ3n) is 3.76. The fourth-order valence-electron chi connectivity index (χ4n) is 2.20. The third kappa shape index (κ3) is 7.45. The van der Waals surface area contributed by atoms with Crippen molar-refractivity contribution in [3.63, 3.8) is 0 Å². The van der Waals surface area contributed by atoms with Crippen LogP contribution in [-0.4, -0.2) is 64.3 Å². The molecular weight excluding hydrogens is 388 g/mol. The molecule has 0 aromatic heterocycles. The molecule has 28 heavy (non-hydrogen) atoms. The molecule has 0 saturated heterocycles. The van der Waals surface area contributed by atoms with Gasteiger partial charge in [-0.05, 0) is 24.6 Å². The van der Waals surface area contributed by atoms with Gasteiger partial charge < -0.3 is 31.9 Å². The fraction of sp³-hybridized carbons (Fsp3) is 0.412. The first-order valence-corrected chi connectivity index (χ1v) is 9.03. The van der Waals surface area contributed by atoms with E-state index in [1.165, 1.54) is 31.2 Å². The lowest BCUT2D eigenvalue weighted by Crippen LogP contribution is -2.56. The number of hydrogen-bond donors (Lipinski definition) is 7. The Morgan fingerprint density at radius 2 is 1.61 bits per heavy atom. The van der Waals surface area contributed by atoms with Gasteiger partial charge in [-0.3, -0.25) is 14.4 Å². The number of thiol groups is 1. The van der Waals surface area contributed by atoms with E-state index in [-0.39, 0.29) is 24.5 Å². The molecule has 3 unspecified atom stereocenters. The van der Waals surface area contributed by atoms with E-state index in [1.54, 1.807) is 0 Å².